The van der Waals surface area contributed by atoms with Crippen LogP contribution in [-0.4, -0.2) is 25.1 Å². The average Bonchev–Trinajstić information content (AvgIpc) is 2.54. The molecule has 2 aromatic carbocycles. The molecule has 5 nitrogen and oxygen atoms in total. The molecule has 2 aromatic rings. The van der Waals surface area contributed by atoms with E-state index in [9.17, 15) is 18.4 Å². The van der Waals surface area contributed by atoms with Crippen molar-refractivity contribution in [1.82, 2.24) is 0 Å². The molecule has 0 aromatic heterocycles. The number of benzene rings is 2. The predicted molar refractivity (Wildman–Crippen MR) is 82.9 cm³/mol. The number of nitrogens with one attached hydrogen (secondary N) is 1. The first-order valence-corrected chi connectivity index (χ1v) is 7.02. The van der Waals surface area contributed by atoms with Crippen molar-refractivity contribution < 1.29 is 27.8 Å². The topological polar surface area (TPSA) is 64.6 Å². The van der Waals surface area contributed by atoms with E-state index < -0.39 is 35.2 Å². The average molecular weight is 335 g/mol. The summed E-state index contributed by atoms with van der Waals surface area (Å²) in [6, 6.07) is 9.54. The Hall–Kier alpha value is -2.96. The molecular weight excluding hydrogens is 320 g/mol. The number of carbonyl (C=O) groups excluding carboxylic acids is 2. The lowest BCUT2D eigenvalue weighted by molar-refractivity contribution is -0.123. The molecule has 1 N–H and O–H groups in total. The van der Waals surface area contributed by atoms with Gasteiger partial charge < -0.3 is 14.8 Å². The van der Waals surface area contributed by atoms with Crippen molar-refractivity contribution in [1.29, 1.82) is 0 Å². The zero-order valence-corrected chi connectivity index (χ0v) is 13.0. The summed E-state index contributed by atoms with van der Waals surface area (Å²) in [5, 5.41) is 2.52. The summed E-state index contributed by atoms with van der Waals surface area (Å²) >= 11 is 0. The lowest BCUT2D eigenvalue weighted by Gasteiger charge is -2.14. The second-order valence-corrected chi connectivity index (χ2v) is 4.87. The van der Waals surface area contributed by atoms with Crippen LogP contribution >= 0.6 is 0 Å². The number of ether oxygens (including phenoxy) is 2. The Balaban J connectivity index is 2.04. The molecular formula is C17H15F2NO4. The van der Waals surface area contributed by atoms with Gasteiger partial charge in [-0.3, -0.25) is 4.79 Å². The Kier molecular flexibility index (Phi) is 5.47. The standard InChI is InChI=1S/C17H15F2NO4/c1-10(16(21)20-11-5-3-6-12(9-11)23-2)24-17(22)15-13(18)7-4-8-14(15)19/h3-10H,1-2H3,(H,20,21)/t10-/m0/s1. The van der Waals surface area contributed by atoms with E-state index in [1.54, 1.807) is 24.3 Å². The summed E-state index contributed by atoms with van der Waals surface area (Å²) in [5.74, 6) is -3.47. The van der Waals surface area contributed by atoms with E-state index in [2.05, 4.69) is 5.32 Å². The largest absolute Gasteiger partial charge is 0.497 e. The van der Waals surface area contributed by atoms with Gasteiger partial charge in [0, 0.05) is 11.8 Å². The molecule has 0 spiro atoms. The van der Waals surface area contributed by atoms with Gasteiger partial charge in [0.05, 0.1) is 7.11 Å². The molecule has 0 bridgehead atoms. The first-order valence-electron chi connectivity index (χ1n) is 7.02. The number of hydrogen-bond acceptors (Lipinski definition) is 4. The van der Waals surface area contributed by atoms with Crippen molar-refractivity contribution in [3.05, 3.63) is 59.7 Å². The van der Waals surface area contributed by atoms with Gasteiger partial charge in [0.2, 0.25) is 0 Å². The van der Waals surface area contributed by atoms with Crippen LogP contribution in [0.2, 0.25) is 0 Å². The van der Waals surface area contributed by atoms with E-state index in [1.807, 2.05) is 0 Å². The van der Waals surface area contributed by atoms with Gasteiger partial charge in [-0.05, 0) is 31.2 Å². The van der Waals surface area contributed by atoms with Crippen molar-refractivity contribution in [2.45, 2.75) is 13.0 Å². The minimum atomic E-state index is -1.25. The Bertz CT molecular complexity index is 744. The SMILES string of the molecule is COc1cccc(NC(=O)[C@H](C)OC(=O)c2c(F)cccc2F)c1. The quantitative estimate of drug-likeness (QED) is 0.853. The third-order valence-electron chi connectivity index (χ3n) is 3.16. The number of rotatable bonds is 5. The van der Waals surface area contributed by atoms with E-state index in [4.69, 9.17) is 9.47 Å². The van der Waals surface area contributed by atoms with Gasteiger partial charge in [0.1, 0.15) is 22.9 Å². The summed E-state index contributed by atoms with van der Waals surface area (Å²) in [5.41, 5.74) is -0.405. The summed E-state index contributed by atoms with van der Waals surface area (Å²) < 4.78 is 36.9. The molecule has 0 aliphatic heterocycles. The van der Waals surface area contributed by atoms with Gasteiger partial charge in [-0.2, -0.15) is 0 Å². The number of esters is 1. The molecule has 1 atom stereocenters. The third kappa shape index (κ3) is 4.07. The zero-order chi connectivity index (χ0) is 17.7. The molecule has 0 fully saturated rings. The molecule has 0 unspecified atom stereocenters. The normalized spacial score (nSPS) is 11.5. The van der Waals surface area contributed by atoms with Crippen molar-refractivity contribution in [2.75, 3.05) is 12.4 Å². The fourth-order valence-corrected chi connectivity index (χ4v) is 1.91. The fourth-order valence-electron chi connectivity index (χ4n) is 1.91. The molecule has 2 rings (SSSR count). The Morgan fingerprint density at radius 3 is 2.33 bits per heavy atom. The van der Waals surface area contributed by atoms with Crippen molar-refractivity contribution in [2.24, 2.45) is 0 Å². The van der Waals surface area contributed by atoms with Crippen LogP contribution in [0.3, 0.4) is 0 Å². The minimum absolute atomic E-state index is 0.430. The Labute approximate surface area is 137 Å². The van der Waals surface area contributed by atoms with Gasteiger partial charge in [-0.1, -0.05) is 12.1 Å². The minimum Gasteiger partial charge on any atom is -0.497 e. The molecule has 7 heteroatoms. The first kappa shape index (κ1) is 17.4. The number of hydrogen-bond donors (Lipinski definition) is 1. The van der Waals surface area contributed by atoms with Crippen LogP contribution in [-0.2, 0) is 9.53 Å². The highest BCUT2D eigenvalue weighted by Crippen LogP contribution is 2.18. The molecule has 0 aliphatic rings. The van der Waals surface area contributed by atoms with E-state index in [1.165, 1.54) is 14.0 Å². The highest BCUT2D eigenvalue weighted by molar-refractivity contribution is 5.97. The van der Waals surface area contributed by atoms with Gasteiger partial charge >= 0.3 is 5.97 Å². The fraction of sp³-hybridized carbons (Fsp3) is 0.176. The summed E-state index contributed by atoms with van der Waals surface area (Å²) in [6.45, 7) is 1.30. The van der Waals surface area contributed by atoms with Crippen LogP contribution in [0.4, 0.5) is 14.5 Å². The lowest BCUT2D eigenvalue weighted by Crippen LogP contribution is -2.30. The lowest BCUT2D eigenvalue weighted by atomic mass is 10.2. The molecule has 0 aliphatic carbocycles. The maximum absolute atomic E-state index is 13.5. The number of amides is 1. The second-order valence-electron chi connectivity index (χ2n) is 4.87. The van der Waals surface area contributed by atoms with Gasteiger partial charge in [-0.25, -0.2) is 13.6 Å². The predicted octanol–water partition coefficient (Wildman–Crippen LogP) is 3.16. The molecule has 126 valence electrons. The highest BCUT2D eigenvalue weighted by atomic mass is 19.1. The molecule has 0 radical (unpaired) electrons. The number of halogens is 2. The van der Waals surface area contributed by atoms with Gasteiger partial charge in [0.15, 0.2) is 6.10 Å². The van der Waals surface area contributed by atoms with E-state index >= 15 is 0 Å². The Morgan fingerprint density at radius 1 is 1.08 bits per heavy atom. The van der Waals surface area contributed by atoms with Crippen LogP contribution in [0.25, 0.3) is 0 Å². The maximum atomic E-state index is 13.5. The smallest absolute Gasteiger partial charge is 0.344 e. The van der Waals surface area contributed by atoms with Crippen molar-refractivity contribution in [3.8, 4) is 5.75 Å². The van der Waals surface area contributed by atoms with E-state index in [0.717, 1.165) is 18.2 Å². The Morgan fingerprint density at radius 2 is 1.71 bits per heavy atom. The summed E-state index contributed by atoms with van der Waals surface area (Å²) in [6.07, 6.45) is -1.25. The number of carbonyl (C=O) groups is 2. The number of methoxy groups -OCH3 is 1. The molecule has 0 saturated heterocycles. The zero-order valence-electron chi connectivity index (χ0n) is 13.0. The van der Waals surface area contributed by atoms with Crippen molar-refractivity contribution in [3.63, 3.8) is 0 Å². The number of anilines is 1. The monoisotopic (exact) mass is 335 g/mol. The van der Waals surface area contributed by atoms with Crippen molar-refractivity contribution >= 4 is 17.6 Å². The molecule has 1 amide bonds. The second kappa shape index (κ2) is 7.54. The van der Waals surface area contributed by atoms with Crippen LogP contribution < -0.4 is 10.1 Å². The highest BCUT2D eigenvalue weighted by Gasteiger charge is 2.24. The third-order valence-corrected chi connectivity index (χ3v) is 3.16. The summed E-state index contributed by atoms with van der Waals surface area (Å²) in [7, 11) is 1.48. The van der Waals surface area contributed by atoms with Crippen LogP contribution in [0.1, 0.15) is 17.3 Å². The maximum Gasteiger partial charge on any atom is 0.344 e. The van der Waals surface area contributed by atoms with Crippen LogP contribution in [0.15, 0.2) is 42.5 Å². The molecule has 0 heterocycles. The van der Waals surface area contributed by atoms with Gasteiger partial charge in [-0.15, -0.1) is 0 Å². The van der Waals surface area contributed by atoms with E-state index in [0.29, 0.717) is 11.4 Å². The first-order chi connectivity index (χ1) is 11.4. The van der Waals surface area contributed by atoms with Crippen LogP contribution in [0.5, 0.6) is 5.75 Å². The van der Waals surface area contributed by atoms with Crippen LogP contribution in [0, 0.1) is 11.6 Å². The van der Waals surface area contributed by atoms with E-state index in [-0.39, 0.29) is 0 Å². The molecule has 0 saturated carbocycles. The molecule has 24 heavy (non-hydrogen) atoms. The van der Waals surface area contributed by atoms with Gasteiger partial charge in [0.25, 0.3) is 5.91 Å². The summed E-state index contributed by atoms with van der Waals surface area (Å²) in [4.78, 5) is 23.9.